The second-order valence-electron chi connectivity index (χ2n) is 5.04. The molecule has 0 fully saturated rings. The molecule has 19 heavy (non-hydrogen) atoms. The molecule has 1 heterocycles. The minimum absolute atomic E-state index is 0. The molecule has 0 amide bonds. The van der Waals surface area contributed by atoms with Crippen LogP contribution in [0.4, 0.5) is 11.4 Å². The van der Waals surface area contributed by atoms with Crippen LogP contribution in [0, 0.1) is 10.1 Å². The van der Waals surface area contributed by atoms with Crippen molar-refractivity contribution in [1.29, 1.82) is 0 Å². The summed E-state index contributed by atoms with van der Waals surface area (Å²) in [6.07, 6.45) is 0. The van der Waals surface area contributed by atoms with E-state index >= 15 is 0 Å². The van der Waals surface area contributed by atoms with Crippen molar-refractivity contribution >= 4 is 34.1 Å². The van der Waals surface area contributed by atoms with Crippen molar-refractivity contribution in [1.82, 2.24) is 0 Å². The maximum absolute atomic E-state index is 10.8. The highest BCUT2D eigenvalue weighted by atomic mass is 79.9. The summed E-state index contributed by atoms with van der Waals surface area (Å²) in [7, 11) is 0. The SMILES string of the molecule is Br.CC1=[N+](CCO)c2ccc([N+](=O)[O-])cc2C1(C)C. The van der Waals surface area contributed by atoms with Gasteiger partial charge in [0.2, 0.25) is 5.69 Å². The average Bonchev–Trinajstić information content (AvgIpc) is 2.51. The third-order valence-corrected chi connectivity index (χ3v) is 3.79. The van der Waals surface area contributed by atoms with Crippen LogP contribution in [0.15, 0.2) is 18.2 Å². The molecule has 6 heteroatoms. The number of aliphatic hydroxyl groups is 1. The number of fused-ring (bicyclic) bond motifs is 1. The minimum Gasteiger partial charge on any atom is -0.390 e. The van der Waals surface area contributed by atoms with Gasteiger partial charge in [-0.05, 0) is 13.8 Å². The largest absolute Gasteiger partial charge is 0.390 e. The second kappa shape index (κ2) is 5.38. The zero-order valence-corrected chi connectivity index (χ0v) is 12.9. The van der Waals surface area contributed by atoms with E-state index in [2.05, 4.69) is 0 Å². The van der Waals surface area contributed by atoms with Gasteiger partial charge in [-0.3, -0.25) is 10.1 Å². The van der Waals surface area contributed by atoms with E-state index in [-0.39, 0.29) is 39.6 Å². The zero-order chi connectivity index (χ0) is 13.5. The van der Waals surface area contributed by atoms with Crippen molar-refractivity contribution in [2.45, 2.75) is 26.2 Å². The molecule has 2 rings (SSSR count). The Morgan fingerprint density at radius 2 is 2.05 bits per heavy atom. The van der Waals surface area contributed by atoms with Gasteiger partial charge in [0.05, 0.1) is 10.3 Å². The van der Waals surface area contributed by atoms with Crippen molar-refractivity contribution in [2.75, 3.05) is 13.2 Å². The van der Waals surface area contributed by atoms with Gasteiger partial charge in [0.1, 0.15) is 6.61 Å². The molecule has 1 aromatic rings. The highest BCUT2D eigenvalue weighted by molar-refractivity contribution is 8.93. The van der Waals surface area contributed by atoms with Crippen LogP contribution in [0.5, 0.6) is 0 Å². The Labute approximate surface area is 122 Å². The van der Waals surface area contributed by atoms with Crippen LogP contribution in [0.25, 0.3) is 0 Å². The molecule has 104 valence electrons. The maximum atomic E-state index is 10.8. The lowest BCUT2D eigenvalue weighted by atomic mass is 9.82. The van der Waals surface area contributed by atoms with Gasteiger partial charge < -0.3 is 5.11 Å². The summed E-state index contributed by atoms with van der Waals surface area (Å²) in [6.45, 7) is 6.66. The molecular weight excluding hydrogens is 312 g/mol. The topological polar surface area (TPSA) is 66.4 Å². The predicted octanol–water partition coefficient (Wildman–Crippen LogP) is 2.56. The predicted molar refractivity (Wildman–Crippen MR) is 79.0 cm³/mol. The summed E-state index contributed by atoms with van der Waals surface area (Å²) in [5.74, 6) is 0. The fourth-order valence-electron chi connectivity index (χ4n) is 2.47. The molecule has 1 aromatic carbocycles. The smallest absolute Gasteiger partial charge is 0.270 e. The van der Waals surface area contributed by atoms with Crippen LogP contribution >= 0.6 is 17.0 Å². The summed E-state index contributed by atoms with van der Waals surface area (Å²) >= 11 is 0. The standard InChI is InChI=1S/C13H17N2O3.BrH/c1-9-13(2,3)11-8-10(15(17)18)4-5-12(11)14(9)6-7-16;/h4-5,8,16H,6-7H2,1-3H3;1H/q+1;. The van der Waals surface area contributed by atoms with Gasteiger partial charge in [-0.1, -0.05) is 0 Å². The molecule has 0 saturated heterocycles. The van der Waals surface area contributed by atoms with E-state index in [1.807, 2.05) is 25.3 Å². The van der Waals surface area contributed by atoms with Gasteiger partial charge in [0, 0.05) is 30.7 Å². The Kier molecular flexibility index (Phi) is 4.47. The minimum atomic E-state index is -0.375. The molecule has 5 nitrogen and oxygen atoms in total. The van der Waals surface area contributed by atoms with E-state index in [0.29, 0.717) is 6.54 Å². The normalized spacial score (nSPS) is 16.0. The lowest BCUT2D eigenvalue weighted by molar-refractivity contribution is -0.442. The Morgan fingerprint density at radius 3 is 2.58 bits per heavy atom. The van der Waals surface area contributed by atoms with Gasteiger partial charge in [0.25, 0.3) is 5.69 Å². The highest BCUT2D eigenvalue weighted by Gasteiger charge is 2.43. The van der Waals surface area contributed by atoms with E-state index < -0.39 is 0 Å². The summed E-state index contributed by atoms with van der Waals surface area (Å²) in [4.78, 5) is 10.5. The molecule has 0 atom stereocenters. The quantitative estimate of drug-likeness (QED) is 0.526. The molecule has 0 unspecified atom stereocenters. The van der Waals surface area contributed by atoms with E-state index in [0.717, 1.165) is 17.0 Å². The first-order valence-electron chi connectivity index (χ1n) is 5.91. The monoisotopic (exact) mass is 329 g/mol. The van der Waals surface area contributed by atoms with E-state index in [9.17, 15) is 10.1 Å². The average molecular weight is 330 g/mol. The molecule has 0 spiro atoms. The van der Waals surface area contributed by atoms with Crippen LogP contribution in [-0.4, -0.2) is 33.5 Å². The second-order valence-corrected chi connectivity index (χ2v) is 5.04. The molecule has 1 aliphatic rings. The van der Waals surface area contributed by atoms with E-state index in [4.69, 9.17) is 5.11 Å². The van der Waals surface area contributed by atoms with E-state index in [1.54, 1.807) is 12.1 Å². The maximum Gasteiger partial charge on any atom is 0.270 e. The molecule has 1 N–H and O–H groups in total. The number of nitrogens with zero attached hydrogens (tertiary/aromatic N) is 2. The van der Waals surface area contributed by atoms with Crippen LogP contribution in [0.1, 0.15) is 26.3 Å². The lowest BCUT2D eigenvalue weighted by Gasteiger charge is -2.14. The van der Waals surface area contributed by atoms with E-state index in [1.165, 1.54) is 6.07 Å². The number of hydrogen-bond acceptors (Lipinski definition) is 3. The van der Waals surface area contributed by atoms with Crippen molar-refractivity contribution in [2.24, 2.45) is 0 Å². The lowest BCUT2D eigenvalue weighted by Crippen LogP contribution is -2.27. The third kappa shape index (κ3) is 2.42. The van der Waals surface area contributed by atoms with Gasteiger partial charge in [0.15, 0.2) is 12.3 Å². The molecule has 0 bridgehead atoms. The first kappa shape index (κ1) is 15.8. The Hall–Kier alpha value is -1.27. The fourth-order valence-corrected chi connectivity index (χ4v) is 2.47. The number of aliphatic hydroxyl groups excluding tert-OH is 1. The van der Waals surface area contributed by atoms with Gasteiger partial charge >= 0.3 is 0 Å². The number of hydrogen-bond donors (Lipinski definition) is 1. The van der Waals surface area contributed by atoms with Crippen LogP contribution in [0.3, 0.4) is 0 Å². The van der Waals surface area contributed by atoms with Gasteiger partial charge in [-0.15, -0.1) is 17.0 Å². The zero-order valence-electron chi connectivity index (χ0n) is 11.2. The summed E-state index contributed by atoms with van der Waals surface area (Å²) in [5, 5.41) is 20.0. The number of halogens is 1. The van der Waals surface area contributed by atoms with Crippen molar-refractivity contribution < 1.29 is 14.6 Å². The van der Waals surface area contributed by atoms with Gasteiger partial charge in [-0.2, -0.15) is 4.58 Å². The molecule has 0 aromatic heterocycles. The molecular formula is C13H18BrN2O3+. The number of benzene rings is 1. The number of nitro groups is 1. The summed E-state index contributed by atoms with van der Waals surface area (Å²) < 4.78 is 2.03. The first-order chi connectivity index (χ1) is 8.39. The Morgan fingerprint density at radius 1 is 1.42 bits per heavy atom. The van der Waals surface area contributed by atoms with Crippen LogP contribution < -0.4 is 0 Å². The Bertz CT molecular complexity index is 553. The number of rotatable bonds is 3. The summed E-state index contributed by atoms with van der Waals surface area (Å²) in [5.41, 5.74) is 2.88. The van der Waals surface area contributed by atoms with Crippen LogP contribution in [0.2, 0.25) is 0 Å². The van der Waals surface area contributed by atoms with Gasteiger partial charge in [-0.25, -0.2) is 0 Å². The number of β-amino-alcohol motifs (C(OH)–C–C–N with tert-alkyl or cyclic N) is 1. The highest BCUT2D eigenvalue weighted by Crippen LogP contribution is 2.40. The number of nitro benzene ring substituents is 1. The Balaban J connectivity index is 0.00000180. The third-order valence-electron chi connectivity index (χ3n) is 3.79. The van der Waals surface area contributed by atoms with Crippen molar-refractivity contribution in [3.05, 3.63) is 33.9 Å². The van der Waals surface area contributed by atoms with Crippen molar-refractivity contribution in [3.8, 4) is 0 Å². The molecule has 0 saturated carbocycles. The summed E-state index contributed by atoms with van der Waals surface area (Å²) in [6, 6.07) is 4.91. The molecule has 0 radical (unpaired) electrons. The molecule has 1 aliphatic heterocycles. The molecule has 0 aliphatic carbocycles. The van der Waals surface area contributed by atoms with Crippen LogP contribution in [-0.2, 0) is 5.41 Å². The van der Waals surface area contributed by atoms with Crippen molar-refractivity contribution in [3.63, 3.8) is 0 Å². The number of non-ortho nitro benzene ring substituents is 1. The fraction of sp³-hybridized carbons (Fsp3) is 0.462. The first-order valence-corrected chi connectivity index (χ1v) is 5.91.